The summed E-state index contributed by atoms with van der Waals surface area (Å²) in [7, 11) is -0.734. The molecule has 2 N–H and O–H groups in total. The first-order valence-electron chi connectivity index (χ1n) is 10.1. The van der Waals surface area contributed by atoms with Crippen molar-refractivity contribution in [1.29, 1.82) is 0 Å². The third kappa shape index (κ3) is 6.66. The van der Waals surface area contributed by atoms with Crippen LogP contribution in [0, 0.1) is 5.92 Å². The van der Waals surface area contributed by atoms with Crippen molar-refractivity contribution in [3.8, 4) is 0 Å². The highest BCUT2D eigenvalue weighted by Gasteiger charge is 2.25. The van der Waals surface area contributed by atoms with Gasteiger partial charge >= 0.3 is 0 Å². The molecule has 30 heavy (non-hydrogen) atoms. The van der Waals surface area contributed by atoms with E-state index in [0.717, 1.165) is 30.2 Å². The number of hydrogen-bond acceptors (Lipinski definition) is 5. The molecule has 8 nitrogen and oxygen atoms in total. The summed E-state index contributed by atoms with van der Waals surface area (Å²) < 4.78 is 25.7. The number of likely N-dealkylation sites (tertiary alicyclic amines) is 1. The lowest BCUT2D eigenvalue weighted by Crippen LogP contribution is -2.43. The molecule has 0 spiro atoms. The second-order valence-corrected chi connectivity index (χ2v) is 10.6. The Morgan fingerprint density at radius 1 is 1.23 bits per heavy atom. The van der Waals surface area contributed by atoms with E-state index in [4.69, 9.17) is 11.6 Å². The Bertz CT molecular complexity index is 866. The second kappa shape index (κ2) is 10.6. The molecule has 168 valence electrons. The van der Waals surface area contributed by atoms with E-state index < -0.39 is 10.0 Å². The second-order valence-electron chi connectivity index (χ2n) is 8.01. The van der Waals surface area contributed by atoms with Gasteiger partial charge in [0.1, 0.15) is 0 Å². The molecule has 1 aliphatic heterocycles. The minimum Gasteiger partial charge on any atom is -0.354 e. The molecule has 2 amide bonds. The SMILES string of the molecule is CC(C)NC(=O)C1CCN(CCC(=O)Nc2cc(S(=O)(=O)N(C)C)ccc2Cl)CC1. The molecule has 0 bridgehead atoms. The summed E-state index contributed by atoms with van der Waals surface area (Å²) in [6.07, 6.45) is 1.80. The van der Waals surface area contributed by atoms with Gasteiger partial charge in [-0.25, -0.2) is 12.7 Å². The molecule has 10 heteroatoms. The lowest BCUT2D eigenvalue weighted by atomic mass is 9.95. The van der Waals surface area contributed by atoms with E-state index in [-0.39, 0.29) is 45.8 Å². The van der Waals surface area contributed by atoms with Crippen LogP contribution < -0.4 is 10.6 Å². The molecule has 0 aromatic heterocycles. The van der Waals surface area contributed by atoms with Gasteiger partial charge in [-0.05, 0) is 58.0 Å². The first-order valence-corrected chi connectivity index (χ1v) is 11.9. The third-order valence-electron chi connectivity index (χ3n) is 5.03. The van der Waals surface area contributed by atoms with Gasteiger partial charge in [0, 0.05) is 39.0 Å². The molecule has 2 rings (SSSR count). The molecule has 1 aromatic rings. The van der Waals surface area contributed by atoms with Gasteiger partial charge in [-0.15, -0.1) is 0 Å². The van der Waals surface area contributed by atoms with Gasteiger partial charge in [-0.1, -0.05) is 11.6 Å². The Hall–Kier alpha value is -1.68. The zero-order valence-corrected chi connectivity index (χ0v) is 19.5. The number of carbonyl (C=O) groups is 2. The highest BCUT2D eigenvalue weighted by atomic mass is 35.5. The van der Waals surface area contributed by atoms with Crippen molar-refractivity contribution in [2.24, 2.45) is 5.92 Å². The number of halogens is 1. The number of amides is 2. The summed E-state index contributed by atoms with van der Waals surface area (Å²) >= 11 is 6.13. The standard InChI is InChI=1S/C20H31ClN4O4S/c1-14(2)22-20(27)15-7-10-25(11-8-15)12-9-19(26)23-18-13-16(5-6-17(18)21)30(28,29)24(3)4/h5-6,13-15H,7-12H2,1-4H3,(H,22,27)(H,23,26). The zero-order chi connectivity index (χ0) is 22.5. The van der Waals surface area contributed by atoms with E-state index >= 15 is 0 Å². The largest absolute Gasteiger partial charge is 0.354 e. The maximum atomic E-state index is 12.4. The Kier molecular flexibility index (Phi) is 8.66. The van der Waals surface area contributed by atoms with Crippen LogP contribution in [0.4, 0.5) is 5.69 Å². The molecule has 1 aliphatic rings. The van der Waals surface area contributed by atoms with Crippen molar-refractivity contribution in [2.45, 2.75) is 44.0 Å². The Labute approximate surface area is 184 Å². The number of sulfonamides is 1. The van der Waals surface area contributed by atoms with E-state index in [0.29, 0.717) is 6.54 Å². The quantitative estimate of drug-likeness (QED) is 0.622. The molecule has 0 atom stereocenters. The number of anilines is 1. The van der Waals surface area contributed by atoms with E-state index in [1.165, 1.54) is 32.3 Å². The topological polar surface area (TPSA) is 98.8 Å². The monoisotopic (exact) mass is 458 g/mol. The average Bonchev–Trinajstić information content (AvgIpc) is 2.67. The van der Waals surface area contributed by atoms with Crippen LogP contribution in [0.1, 0.15) is 33.1 Å². The Morgan fingerprint density at radius 2 is 1.87 bits per heavy atom. The first-order chi connectivity index (χ1) is 14.0. The maximum absolute atomic E-state index is 12.4. The van der Waals surface area contributed by atoms with E-state index in [9.17, 15) is 18.0 Å². The van der Waals surface area contributed by atoms with Crippen molar-refractivity contribution in [2.75, 3.05) is 39.0 Å². The smallest absolute Gasteiger partial charge is 0.242 e. The maximum Gasteiger partial charge on any atom is 0.242 e. The van der Waals surface area contributed by atoms with Gasteiger partial charge in [-0.3, -0.25) is 9.59 Å². The van der Waals surface area contributed by atoms with Crippen LogP contribution >= 0.6 is 11.6 Å². The van der Waals surface area contributed by atoms with Crippen molar-refractivity contribution in [3.63, 3.8) is 0 Å². The fourth-order valence-electron chi connectivity index (χ4n) is 3.26. The highest BCUT2D eigenvalue weighted by molar-refractivity contribution is 7.89. The lowest BCUT2D eigenvalue weighted by molar-refractivity contribution is -0.127. The normalized spacial score (nSPS) is 16.1. The molecule has 1 fully saturated rings. The van der Waals surface area contributed by atoms with Gasteiger partial charge in [0.2, 0.25) is 21.8 Å². The van der Waals surface area contributed by atoms with Crippen molar-refractivity contribution < 1.29 is 18.0 Å². The third-order valence-corrected chi connectivity index (χ3v) is 7.18. The average molecular weight is 459 g/mol. The number of hydrogen-bond donors (Lipinski definition) is 2. The van der Waals surface area contributed by atoms with Crippen LogP contribution in [0.25, 0.3) is 0 Å². The molecule has 1 saturated heterocycles. The fourth-order valence-corrected chi connectivity index (χ4v) is 4.36. The van der Waals surface area contributed by atoms with Crippen LogP contribution in [0.2, 0.25) is 5.02 Å². The summed E-state index contributed by atoms with van der Waals surface area (Å²) in [6, 6.07) is 4.37. The highest BCUT2D eigenvalue weighted by Crippen LogP contribution is 2.26. The predicted molar refractivity (Wildman–Crippen MR) is 118 cm³/mol. The minimum absolute atomic E-state index is 0.0256. The molecule has 0 unspecified atom stereocenters. The van der Waals surface area contributed by atoms with Crippen LogP contribution in [-0.2, 0) is 19.6 Å². The fraction of sp³-hybridized carbons (Fsp3) is 0.600. The summed E-state index contributed by atoms with van der Waals surface area (Å²) in [6.45, 7) is 5.99. The predicted octanol–water partition coefficient (Wildman–Crippen LogP) is 2.16. The summed E-state index contributed by atoms with van der Waals surface area (Å²) in [5.74, 6) is -0.113. The van der Waals surface area contributed by atoms with Crippen LogP contribution in [-0.4, -0.2) is 69.2 Å². The lowest BCUT2D eigenvalue weighted by Gasteiger charge is -2.31. The van der Waals surface area contributed by atoms with Crippen molar-refractivity contribution in [1.82, 2.24) is 14.5 Å². The van der Waals surface area contributed by atoms with Gasteiger partial charge < -0.3 is 15.5 Å². The van der Waals surface area contributed by atoms with Gasteiger partial charge in [0.25, 0.3) is 0 Å². The molecule has 0 aliphatic carbocycles. The van der Waals surface area contributed by atoms with Crippen LogP contribution in [0.15, 0.2) is 23.1 Å². The number of nitrogens with one attached hydrogen (secondary N) is 2. The first kappa shape index (κ1) is 24.6. The number of nitrogens with zero attached hydrogens (tertiary/aromatic N) is 2. The van der Waals surface area contributed by atoms with E-state index in [1.54, 1.807) is 0 Å². The zero-order valence-electron chi connectivity index (χ0n) is 17.9. The summed E-state index contributed by atoms with van der Waals surface area (Å²) in [5.41, 5.74) is 0.272. The van der Waals surface area contributed by atoms with E-state index in [1.807, 2.05) is 13.8 Å². The Balaban J connectivity index is 1.87. The number of rotatable bonds is 8. The molecule has 1 aromatic carbocycles. The minimum atomic E-state index is -3.62. The van der Waals surface area contributed by atoms with Crippen LogP contribution in [0.5, 0.6) is 0 Å². The molecular weight excluding hydrogens is 428 g/mol. The molecule has 0 saturated carbocycles. The van der Waals surface area contributed by atoms with Gasteiger partial charge in [-0.2, -0.15) is 0 Å². The number of benzene rings is 1. The van der Waals surface area contributed by atoms with Crippen LogP contribution in [0.3, 0.4) is 0 Å². The van der Waals surface area contributed by atoms with Crippen molar-refractivity contribution in [3.05, 3.63) is 23.2 Å². The van der Waals surface area contributed by atoms with Gasteiger partial charge in [0.05, 0.1) is 15.6 Å². The summed E-state index contributed by atoms with van der Waals surface area (Å²) in [4.78, 5) is 26.7. The summed E-state index contributed by atoms with van der Waals surface area (Å²) in [5, 5.41) is 5.93. The molecular formula is C20H31ClN4O4S. The van der Waals surface area contributed by atoms with E-state index in [2.05, 4.69) is 15.5 Å². The number of piperidine rings is 1. The number of carbonyl (C=O) groups excluding carboxylic acids is 2. The van der Waals surface area contributed by atoms with Gasteiger partial charge in [0.15, 0.2) is 0 Å². The van der Waals surface area contributed by atoms with Crippen molar-refractivity contribution >= 4 is 39.1 Å². The Morgan fingerprint density at radius 3 is 2.43 bits per heavy atom. The molecule has 0 radical (unpaired) electrons. The molecule has 1 heterocycles.